The average molecular weight is 427 g/mol. The molecule has 0 fully saturated rings. The highest BCUT2D eigenvalue weighted by Crippen LogP contribution is 2.16. The molecule has 0 saturated heterocycles. The lowest BCUT2D eigenvalue weighted by Gasteiger charge is -2.23. The van der Waals surface area contributed by atoms with Crippen molar-refractivity contribution in [1.29, 1.82) is 0 Å². The molecule has 0 radical (unpaired) electrons. The summed E-state index contributed by atoms with van der Waals surface area (Å²) >= 11 is 0. The number of nitrogens with one attached hydrogen (secondary N) is 2. The Morgan fingerprint density at radius 2 is 1.61 bits per heavy atom. The number of benzene rings is 2. The summed E-state index contributed by atoms with van der Waals surface area (Å²) < 4.78 is 10.7. The smallest absolute Gasteiger partial charge is 0.329 e. The molecule has 2 N–H and O–H groups in total. The Labute approximate surface area is 183 Å². The zero-order valence-electron chi connectivity index (χ0n) is 18.6. The van der Waals surface area contributed by atoms with Crippen LogP contribution in [0.2, 0.25) is 0 Å². The predicted octanol–water partition coefficient (Wildman–Crippen LogP) is 3.72. The van der Waals surface area contributed by atoms with Gasteiger partial charge < -0.3 is 20.1 Å². The summed E-state index contributed by atoms with van der Waals surface area (Å²) in [7, 11) is 0. The zero-order valence-corrected chi connectivity index (χ0v) is 18.6. The molecule has 2 aromatic carbocycles. The van der Waals surface area contributed by atoms with Crippen LogP contribution in [0.25, 0.3) is 0 Å². The van der Waals surface area contributed by atoms with E-state index in [2.05, 4.69) is 10.6 Å². The summed E-state index contributed by atoms with van der Waals surface area (Å²) in [5, 5.41) is 5.43. The van der Waals surface area contributed by atoms with Crippen LogP contribution in [0.5, 0.6) is 5.75 Å². The van der Waals surface area contributed by atoms with Gasteiger partial charge in [-0.2, -0.15) is 0 Å². The van der Waals surface area contributed by atoms with Crippen molar-refractivity contribution in [2.45, 2.75) is 46.8 Å². The van der Waals surface area contributed by atoms with Crippen molar-refractivity contribution in [2.24, 2.45) is 5.92 Å². The number of hydrogen-bond acceptors (Lipinski definition) is 5. The molecule has 2 amide bonds. The Balaban J connectivity index is 1.98. The summed E-state index contributed by atoms with van der Waals surface area (Å²) in [6.45, 7) is 9.35. The van der Waals surface area contributed by atoms with E-state index in [-0.39, 0.29) is 11.8 Å². The monoisotopic (exact) mass is 426 g/mol. The highest BCUT2D eigenvalue weighted by atomic mass is 16.5. The highest BCUT2D eigenvalue weighted by molar-refractivity contribution is 5.99. The maximum Gasteiger partial charge on any atom is 0.329 e. The third-order valence-corrected chi connectivity index (χ3v) is 4.69. The molecular formula is C24H30N2O5. The summed E-state index contributed by atoms with van der Waals surface area (Å²) in [6.07, 6.45) is -1.03. The molecular weight excluding hydrogens is 396 g/mol. The van der Waals surface area contributed by atoms with Gasteiger partial charge in [-0.05, 0) is 62.6 Å². The van der Waals surface area contributed by atoms with Gasteiger partial charge in [0.05, 0.1) is 6.61 Å². The maximum atomic E-state index is 12.7. The molecule has 0 aliphatic heterocycles. The van der Waals surface area contributed by atoms with Gasteiger partial charge in [0, 0.05) is 11.3 Å². The van der Waals surface area contributed by atoms with Gasteiger partial charge in [-0.25, -0.2) is 4.79 Å². The van der Waals surface area contributed by atoms with Crippen molar-refractivity contribution < 1.29 is 23.9 Å². The van der Waals surface area contributed by atoms with Crippen molar-refractivity contribution in [3.63, 3.8) is 0 Å². The lowest BCUT2D eigenvalue weighted by molar-refractivity contribution is -0.156. The number of rotatable bonds is 9. The van der Waals surface area contributed by atoms with E-state index in [9.17, 15) is 14.4 Å². The van der Waals surface area contributed by atoms with E-state index in [4.69, 9.17) is 9.47 Å². The van der Waals surface area contributed by atoms with Crippen LogP contribution in [0.3, 0.4) is 0 Å². The summed E-state index contributed by atoms with van der Waals surface area (Å²) in [4.78, 5) is 37.7. The normalized spacial score (nSPS) is 12.6. The number of amides is 2. The minimum Gasteiger partial charge on any atom is -0.494 e. The number of aryl methyl sites for hydroxylation is 1. The summed E-state index contributed by atoms with van der Waals surface area (Å²) in [5.74, 6) is -1.01. The van der Waals surface area contributed by atoms with E-state index in [1.165, 1.54) is 6.92 Å². The van der Waals surface area contributed by atoms with Crippen molar-refractivity contribution in [3.05, 3.63) is 59.7 Å². The van der Waals surface area contributed by atoms with Gasteiger partial charge in [0.2, 0.25) is 0 Å². The largest absolute Gasteiger partial charge is 0.494 e. The third-order valence-electron chi connectivity index (χ3n) is 4.69. The number of ether oxygens (including phenoxy) is 2. The molecule has 0 aromatic heterocycles. The van der Waals surface area contributed by atoms with E-state index in [1.807, 2.05) is 26.0 Å². The first-order valence-corrected chi connectivity index (χ1v) is 10.3. The summed E-state index contributed by atoms with van der Waals surface area (Å²) in [6, 6.07) is 13.1. The van der Waals surface area contributed by atoms with E-state index in [0.29, 0.717) is 23.6 Å². The van der Waals surface area contributed by atoms with Gasteiger partial charge in [0.15, 0.2) is 6.10 Å². The Bertz CT molecular complexity index is 908. The van der Waals surface area contributed by atoms with Gasteiger partial charge in [-0.1, -0.05) is 32.0 Å². The molecule has 0 aliphatic rings. The first-order chi connectivity index (χ1) is 14.7. The van der Waals surface area contributed by atoms with E-state index >= 15 is 0 Å². The van der Waals surface area contributed by atoms with Crippen LogP contribution in [-0.4, -0.2) is 36.5 Å². The van der Waals surface area contributed by atoms with Crippen molar-refractivity contribution in [1.82, 2.24) is 5.32 Å². The first-order valence-electron chi connectivity index (χ1n) is 10.3. The second-order valence-electron chi connectivity index (χ2n) is 7.54. The fraction of sp³-hybridized carbons (Fsp3) is 0.375. The van der Waals surface area contributed by atoms with Crippen LogP contribution >= 0.6 is 0 Å². The van der Waals surface area contributed by atoms with Gasteiger partial charge in [0.25, 0.3) is 11.8 Å². The molecule has 31 heavy (non-hydrogen) atoms. The molecule has 0 aliphatic carbocycles. The molecule has 7 nitrogen and oxygen atoms in total. The van der Waals surface area contributed by atoms with Crippen LogP contribution in [0.1, 0.15) is 43.6 Å². The van der Waals surface area contributed by atoms with Gasteiger partial charge in [-0.15, -0.1) is 0 Å². The molecule has 0 spiro atoms. The fourth-order valence-electron chi connectivity index (χ4n) is 2.89. The lowest BCUT2D eigenvalue weighted by atomic mass is 10.0. The Morgan fingerprint density at radius 3 is 2.19 bits per heavy atom. The molecule has 2 aromatic rings. The molecule has 0 saturated carbocycles. The van der Waals surface area contributed by atoms with E-state index in [0.717, 1.165) is 5.56 Å². The number of carbonyl (C=O) groups excluding carboxylic acids is 3. The SMILES string of the molecule is CCOc1ccc(NC(=O)[C@@H](C)OC(=O)[C@@H](NC(=O)c2ccccc2C)C(C)C)cc1. The number of anilines is 1. The molecule has 0 unspecified atom stereocenters. The fourth-order valence-corrected chi connectivity index (χ4v) is 2.89. The Hall–Kier alpha value is -3.35. The maximum absolute atomic E-state index is 12.7. The minimum atomic E-state index is -1.03. The number of carbonyl (C=O) groups is 3. The number of hydrogen-bond donors (Lipinski definition) is 2. The third kappa shape index (κ3) is 6.84. The Kier molecular flexibility index (Phi) is 8.61. The lowest BCUT2D eigenvalue weighted by Crippen LogP contribution is -2.47. The van der Waals surface area contributed by atoms with Crippen LogP contribution in [0.4, 0.5) is 5.69 Å². The predicted molar refractivity (Wildman–Crippen MR) is 119 cm³/mol. The molecule has 0 bridgehead atoms. The second kappa shape index (κ2) is 11.2. The first kappa shape index (κ1) is 23.9. The minimum absolute atomic E-state index is 0.221. The molecule has 2 rings (SSSR count). The van der Waals surface area contributed by atoms with Gasteiger partial charge in [0.1, 0.15) is 11.8 Å². The average Bonchev–Trinajstić information content (AvgIpc) is 2.73. The standard InChI is InChI=1S/C24H30N2O5/c1-6-30-19-13-11-18(12-14-19)25-22(27)17(5)31-24(29)21(15(2)3)26-23(28)20-10-8-7-9-16(20)4/h7-15,17,21H,6H2,1-5H3,(H,25,27)(H,26,28)/t17-,21+/m1/s1. The van der Waals surface area contributed by atoms with E-state index < -0.39 is 24.0 Å². The molecule has 7 heteroatoms. The van der Waals surface area contributed by atoms with E-state index in [1.54, 1.807) is 50.2 Å². The summed E-state index contributed by atoms with van der Waals surface area (Å²) in [5.41, 5.74) is 1.85. The van der Waals surface area contributed by atoms with Crippen LogP contribution in [0, 0.1) is 12.8 Å². The second-order valence-corrected chi connectivity index (χ2v) is 7.54. The van der Waals surface area contributed by atoms with Gasteiger partial charge >= 0.3 is 5.97 Å². The van der Waals surface area contributed by atoms with Crippen molar-refractivity contribution >= 4 is 23.5 Å². The van der Waals surface area contributed by atoms with Crippen LogP contribution < -0.4 is 15.4 Å². The zero-order chi connectivity index (χ0) is 23.0. The van der Waals surface area contributed by atoms with Crippen LogP contribution in [0.15, 0.2) is 48.5 Å². The number of esters is 1. The van der Waals surface area contributed by atoms with Crippen molar-refractivity contribution in [2.75, 3.05) is 11.9 Å². The molecule has 0 heterocycles. The van der Waals surface area contributed by atoms with Crippen LogP contribution in [-0.2, 0) is 14.3 Å². The topological polar surface area (TPSA) is 93.7 Å². The highest BCUT2D eigenvalue weighted by Gasteiger charge is 2.29. The Morgan fingerprint density at radius 1 is 0.968 bits per heavy atom. The van der Waals surface area contributed by atoms with Crippen molar-refractivity contribution in [3.8, 4) is 5.75 Å². The molecule has 166 valence electrons. The quantitative estimate of drug-likeness (QED) is 0.596. The molecule has 2 atom stereocenters. The van der Waals surface area contributed by atoms with Gasteiger partial charge in [-0.3, -0.25) is 9.59 Å².